The highest BCUT2D eigenvalue weighted by Crippen LogP contribution is 2.33. The van der Waals surface area contributed by atoms with E-state index in [4.69, 9.17) is 0 Å². The third-order valence-corrected chi connectivity index (χ3v) is 4.53. The standard InChI is InChI=1S/C18H12F5N3O3S/c19-16(20)29-13-6-2-1-4-10(13)12-9-30-17(24-12)25-14(27)8-26-7-3-5-11(15(26)28)18(21,22)23/h1-7,9,16H,8H2,(H,24,25,27). The number of nitrogens with zero attached hydrogens (tertiary/aromatic N) is 2. The Hall–Kier alpha value is -3.28. The van der Waals surface area contributed by atoms with Crippen molar-refractivity contribution >= 4 is 22.4 Å². The molecule has 0 radical (unpaired) electrons. The van der Waals surface area contributed by atoms with Crippen molar-refractivity contribution in [1.29, 1.82) is 0 Å². The van der Waals surface area contributed by atoms with E-state index in [1.54, 1.807) is 6.07 Å². The minimum Gasteiger partial charge on any atom is -0.434 e. The number of anilines is 1. The summed E-state index contributed by atoms with van der Waals surface area (Å²) in [5, 5.41) is 3.92. The lowest BCUT2D eigenvalue weighted by atomic mass is 10.1. The highest BCUT2D eigenvalue weighted by molar-refractivity contribution is 7.14. The van der Waals surface area contributed by atoms with Crippen LogP contribution in [0.25, 0.3) is 11.3 Å². The molecule has 0 saturated heterocycles. The van der Waals surface area contributed by atoms with Crippen LogP contribution in [0.15, 0.2) is 52.8 Å². The molecule has 0 aliphatic heterocycles. The van der Waals surface area contributed by atoms with Crippen molar-refractivity contribution in [3.05, 3.63) is 63.9 Å². The highest BCUT2D eigenvalue weighted by atomic mass is 32.1. The second-order valence-corrected chi connectivity index (χ2v) is 6.67. The number of carbonyl (C=O) groups is 1. The number of benzene rings is 1. The number of thiazole rings is 1. The minimum atomic E-state index is -4.84. The molecule has 3 rings (SSSR count). The van der Waals surface area contributed by atoms with Crippen molar-refractivity contribution in [2.45, 2.75) is 19.3 Å². The summed E-state index contributed by atoms with van der Waals surface area (Å²) in [5.41, 5.74) is -2.21. The zero-order valence-electron chi connectivity index (χ0n) is 14.8. The van der Waals surface area contributed by atoms with Gasteiger partial charge in [0.15, 0.2) is 5.13 Å². The number of amides is 1. The van der Waals surface area contributed by atoms with E-state index in [0.717, 1.165) is 23.6 Å². The number of carbonyl (C=O) groups excluding carboxylic acids is 1. The molecule has 30 heavy (non-hydrogen) atoms. The molecule has 0 aliphatic rings. The molecule has 1 N–H and O–H groups in total. The average molecular weight is 445 g/mol. The van der Waals surface area contributed by atoms with Gasteiger partial charge in [0.2, 0.25) is 5.91 Å². The first-order valence-corrected chi connectivity index (χ1v) is 9.09. The van der Waals surface area contributed by atoms with Crippen molar-refractivity contribution in [3.8, 4) is 17.0 Å². The van der Waals surface area contributed by atoms with Crippen molar-refractivity contribution in [3.63, 3.8) is 0 Å². The fourth-order valence-electron chi connectivity index (χ4n) is 2.52. The molecule has 2 heterocycles. The zero-order valence-corrected chi connectivity index (χ0v) is 15.6. The summed E-state index contributed by atoms with van der Waals surface area (Å²) in [5.74, 6) is -0.888. The van der Waals surface area contributed by atoms with E-state index in [1.165, 1.54) is 23.6 Å². The van der Waals surface area contributed by atoms with Gasteiger partial charge in [-0.1, -0.05) is 12.1 Å². The summed E-state index contributed by atoms with van der Waals surface area (Å²) < 4.78 is 68.6. The van der Waals surface area contributed by atoms with Crippen LogP contribution < -0.4 is 15.6 Å². The van der Waals surface area contributed by atoms with Crippen LogP contribution >= 0.6 is 11.3 Å². The second-order valence-electron chi connectivity index (χ2n) is 5.81. The van der Waals surface area contributed by atoms with Crippen LogP contribution in [0.3, 0.4) is 0 Å². The SMILES string of the molecule is O=C(Cn1cccc(C(F)(F)F)c1=O)Nc1nc(-c2ccccc2OC(F)F)cs1. The van der Waals surface area contributed by atoms with E-state index >= 15 is 0 Å². The molecular formula is C18H12F5N3O3S. The van der Waals surface area contributed by atoms with Crippen molar-refractivity contribution in [2.75, 3.05) is 5.32 Å². The zero-order chi connectivity index (χ0) is 21.9. The topological polar surface area (TPSA) is 73.2 Å². The minimum absolute atomic E-state index is 0.0712. The highest BCUT2D eigenvalue weighted by Gasteiger charge is 2.34. The quantitative estimate of drug-likeness (QED) is 0.577. The molecule has 2 aromatic heterocycles. The first-order chi connectivity index (χ1) is 14.1. The number of rotatable bonds is 6. The van der Waals surface area contributed by atoms with Gasteiger partial charge in [-0.2, -0.15) is 22.0 Å². The van der Waals surface area contributed by atoms with Gasteiger partial charge < -0.3 is 14.6 Å². The fraction of sp³-hybridized carbons (Fsp3) is 0.167. The molecule has 0 spiro atoms. The maximum absolute atomic E-state index is 12.8. The molecule has 0 fully saturated rings. The summed E-state index contributed by atoms with van der Waals surface area (Å²) in [6, 6.07) is 7.57. The van der Waals surface area contributed by atoms with Crippen LogP contribution in [-0.4, -0.2) is 22.1 Å². The number of halogens is 5. The Morgan fingerprint density at radius 3 is 2.63 bits per heavy atom. The summed E-state index contributed by atoms with van der Waals surface area (Å²) in [7, 11) is 0. The molecule has 12 heteroatoms. The van der Waals surface area contributed by atoms with Crippen LogP contribution in [0, 0.1) is 0 Å². The van der Waals surface area contributed by atoms with Gasteiger partial charge >= 0.3 is 12.8 Å². The van der Waals surface area contributed by atoms with Crippen LogP contribution in [0.2, 0.25) is 0 Å². The number of pyridine rings is 1. The molecule has 0 bridgehead atoms. The molecule has 6 nitrogen and oxygen atoms in total. The van der Waals surface area contributed by atoms with E-state index in [0.29, 0.717) is 10.6 Å². The van der Waals surface area contributed by atoms with Crippen LogP contribution in [-0.2, 0) is 17.5 Å². The van der Waals surface area contributed by atoms with Crippen molar-refractivity contribution in [1.82, 2.24) is 9.55 Å². The lowest BCUT2D eigenvalue weighted by Gasteiger charge is -2.10. The third-order valence-electron chi connectivity index (χ3n) is 3.77. The van der Waals surface area contributed by atoms with Gasteiger partial charge in [0, 0.05) is 17.1 Å². The van der Waals surface area contributed by atoms with E-state index in [2.05, 4.69) is 15.0 Å². The Bertz CT molecular complexity index is 1110. The van der Waals surface area contributed by atoms with Gasteiger partial charge in [-0.15, -0.1) is 11.3 Å². The lowest BCUT2D eigenvalue weighted by molar-refractivity contribution is -0.139. The Morgan fingerprint density at radius 1 is 1.20 bits per heavy atom. The van der Waals surface area contributed by atoms with Crippen LogP contribution in [0.5, 0.6) is 5.75 Å². The van der Waals surface area contributed by atoms with Gasteiger partial charge in [0.25, 0.3) is 5.56 Å². The van der Waals surface area contributed by atoms with E-state index in [1.807, 2.05) is 0 Å². The van der Waals surface area contributed by atoms with Gasteiger partial charge in [-0.05, 0) is 24.3 Å². The summed E-state index contributed by atoms with van der Waals surface area (Å²) in [6.07, 6.45) is -3.78. The molecule has 158 valence electrons. The molecule has 0 saturated carbocycles. The smallest absolute Gasteiger partial charge is 0.421 e. The Balaban J connectivity index is 1.75. The summed E-state index contributed by atoms with van der Waals surface area (Å²) >= 11 is 0.969. The van der Waals surface area contributed by atoms with Gasteiger partial charge in [-0.25, -0.2) is 4.98 Å². The maximum Gasteiger partial charge on any atom is 0.421 e. The number of para-hydroxylation sites is 1. The monoisotopic (exact) mass is 445 g/mol. The van der Waals surface area contributed by atoms with Gasteiger partial charge in [0.05, 0.1) is 5.69 Å². The summed E-state index contributed by atoms with van der Waals surface area (Å²) in [4.78, 5) is 28.1. The predicted octanol–water partition coefficient (Wildman–Crippen LogP) is 4.23. The molecule has 3 aromatic rings. The number of nitrogens with one attached hydrogen (secondary N) is 1. The van der Waals surface area contributed by atoms with Crippen molar-refractivity contribution < 1.29 is 31.5 Å². The normalized spacial score (nSPS) is 11.5. The summed E-state index contributed by atoms with van der Waals surface area (Å²) in [6.45, 7) is -3.70. The third kappa shape index (κ3) is 5.00. The van der Waals surface area contributed by atoms with Crippen LogP contribution in [0.1, 0.15) is 5.56 Å². The largest absolute Gasteiger partial charge is 0.434 e. The molecule has 0 aliphatic carbocycles. The Morgan fingerprint density at radius 2 is 1.93 bits per heavy atom. The van der Waals surface area contributed by atoms with Gasteiger partial charge in [0.1, 0.15) is 17.9 Å². The van der Waals surface area contributed by atoms with Crippen LogP contribution in [0.4, 0.5) is 27.1 Å². The predicted molar refractivity (Wildman–Crippen MR) is 98.5 cm³/mol. The molecule has 0 atom stereocenters. The average Bonchev–Trinajstić information content (AvgIpc) is 3.10. The fourth-order valence-corrected chi connectivity index (χ4v) is 3.25. The Labute approximate surface area is 169 Å². The number of alkyl halides is 5. The first kappa shape index (κ1) is 21.4. The van der Waals surface area contributed by atoms with E-state index in [-0.39, 0.29) is 22.1 Å². The number of aromatic nitrogens is 2. The number of ether oxygens (including phenoxy) is 1. The molecule has 0 unspecified atom stereocenters. The van der Waals surface area contributed by atoms with Gasteiger partial charge in [-0.3, -0.25) is 9.59 Å². The van der Waals surface area contributed by atoms with E-state index in [9.17, 15) is 31.5 Å². The molecular weight excluding hydrogens is 433 g/mol. The first-order valence-electron chi connectivity index (χ1n) is 8.21. The second kappa shape index (κ2) is 8.61. The lowest BCUT2D eigenvalue weighted by Crippen LogP contribution is -2.31. The molecule has 1 aromatic carbocycles. The molecule has 1 amide bonds. The maximum atomic E-state index is 12.8. The number of hydrogen-bond donors (Lipinski definition) is 1. The number of hydrogen-bond acceptors (Lipinski definition) is 5. The van der Waals surface area contributed by atoms with Crippen molar-refractivity contribution in [2.24, 2.45) is 0 Å². The van der Waals surface area contributed by atoms with E-state index < -0.39 is 36.4 Å². The Kier molecular flexibility index (Phi) is 6.15.